The average Bonchev–Trinajstić information content (AvgIpc) is 3.14. The maximum atomic E-state index is 8.78. The highest BCUT2D eigenvalue weighted by Gasteiger charge is 2.19. The molecule has 0 amide bonds. The van der Waals surface area contributed by atoms with Crippen molar-refractivity contribution in [3.63, 3.8) is 0 Å². The minimum absolute atomic E-state index is 0.725. The number of nitriles is 1. The number of aryl methyl sites for hydroxylation is 1. The highest BCUT2D eigenvalue weighted by atomic mass is 15.0. The molecule has 0 atom stereocenters. The predicted molar refractivity (Wildman–Crippen MR) is 70.0 cm³/mol. The molecular formula is C14H19N3. The number of nitrogens with zero attached hydrogens (tertiary/aromatic N) is 1. The SMILES string of the molecule is Cc1cc(C#N)ccc1NCCCNC1CC1. The summed E-state index contributed by atoms with van der Waals surface area (Å²) in [5.74, 6) is 0. The zero-order chi connectivity index (χ0) is 12.1. The smallest absolute Gasteiger partial charge is 0.0991 e. The first kappa shape index (κ1) is 11.9. The number of hydrogen-bond donors (Lipinski definition) is 2. The van der Waals surface area contributed by atoms with Crippen LogP contribution in [0.3, 0.4) is 0 Å². The number of anilines is 1. The highest BCUT2D eigenvalue weighted by molar-refractivity contribution is 5.53. The van der Waals surface area contributed by atoms with Gasteiger partial charge in [-0.15, -0.1) is 0 Å². The van der Waals surface area contributed by atoms with Gasteiger partial charge in [-0.1, -0.05) is 0 Å². The normalized spacial score (nSPS) is 14.4. The molecule has 0 aliphatic heterocycles. The molecule has 1 saturated carbocycles. The Kier molecular flexibility index (Phi) is 4.00. The van der Waals surface area contributed by atoms with Crippen molar-refractivity contribution >= 4 is 5.69 Å². The zero-order valence-electron chi connectivity index (χ0n) is 10.3. The van der Waals surface area contributed by atoms with E-state index in [0.717, 1.165) is 42.4 Å². The van der Waals surface area contributed by atoms with E-state index in [1.54, 1.807) is 0 Å². The maximum absolute atomic E-state index is 8.78. The van der Waals surface area contributed by atoms with Crippen molar-refractivity contribution in [2.75, 3.05) is 18.4 Å². The van der Waals surface area contributed by atoms with Crippen molar-refractivity contribution in [2.24, 2.45) is 0 Å². The van der Waals surface area contributed by atoms with E-state index >= 15 is 0 Å². The second-order valence-electron chi connectivity index (χ2n) is 4.65. The molecule has 1 aromatic carbocycles. The number of nitrogens with one attached hydrogen (secondary N) is 2. The third kappa shape index (κ3) is 3.76. The molecule has 90 valence electrons. The van der Waals surface area contributed by atoms with Gasteiger partial charge in [0, 0.05) is 18.3 Å². The molecule has 0 saturated heterocycles. The summed E-state index contributed by atoms with van der Waals surface area (Å²) in [6, 6.07) is 8.72. The van der Waals surface area contributed by atoms with Crippen LogP contribution in [0, 0.1) is 18.3 Å². The Hall–Kier alpha value is -1.53. The standard InChI is InChI=1S/C14H19N3/c1-11-9-12(10-15)3-6-14(11)17-8-2-7-16-13-4-5-13/h3,6,9,13,16-17H,2,4-5,7-8H2,1H3. The molecular weight excluding hydrogens is 210 g/mol. The van der Waals surface area contributed by atoms with Gasteiger partial charge in [0.2, 0.25) is 0 Å². The zero-order valence-corrected chi connectivity index (χ0v) is 10.3. The molecule has 1 aliphatic carbocycles. The van der Waals surface area contributed by atoms with Gasteiger partial charge in [-0.3, -0.25) is 0 Å². The number of benzene rings is 1. The van der Waals surface area contributed by atoms with E-state index in [4.69, 9.17) is 5.26 Å². The van der Waals surface area contributed by atoms with Crippen LogP contribution in [0.4, 0.5) is 5.69 Å². The van der Waals surface area contributed by atoms with Gasteiger partial charge in [0.1, 0.15) is 0 Å². The largest absolute Gasteiger partial charge is 0.385 e. The van der Waals surface area contributed by atoms with Crippen LogP contribution in [0.25, 0.3) is 0 Å². The topological polar surface area (TPSA) is 47.9 Å². The van der Waals surface area contributed by atoms with Gasteiger partial charge in [-0.05, 0) is 56.5 Å². The Labute approximate surface area is 103 Å². The molecule has 0 spiro atoms. The molecule has 1 aromatic rings. The van der Waals surface area contributed by atoms with Gasteiger partial charge < -0.3 is 10.6 Å². The Morgan fingerprint density at radius 3 is 2.82 bits per heavy atom. The molecule has 3 nitrogen and oxygen atoms in total. The summed E-state index contributed by atoms with van der Waals surface area (Å²) in [6.45, 7) is 4.10. The van der Waals surface area contributed by atoms with Crippen molar-refractivity contribution in [1.82, 2.24) is 5.32 Å². The summed E-state index contributed by atoms with van der Waals surface area (Å²) in [5.41, 5.74) is 3.00. The monoisotopic (exact) mass is 229 g/mol. The van der Waals surface area contributed by atoms with Crippen molar-refractivity contribution < 1.29 is 0 Å². The van der Waals surface area contributed by atoms with E-state index < -0.39 is 0 Å². The van der Waals surface area contributed by atoms with Gasteiger partial charge in [0.25, 0.3) is 0 Å². The summed E-state index contributed by atoms with van der Waals surface area (Å²) in [4.78, 5) is 0. The van der Waals surface area contributed by atoms with Gasteiger partial charge in [0.15, 0.2) is 0 Å². The van der Waals surface area contributed by atoms with Gasteiger partial charge in [-0.25, -0.2) is 0 Å². The summed E-state index contributed by atoms with van der Waals surface area (Å²) in [6.07, 6.45) is 3.83. The third-order valence-corrected chi connectivity index (χ3v) is 3.03. The van der Waals surface area contributed by atoms with E-state index in [1.165, 1.54) is 12.8 Å². The van der Waals surface area contributed by atoms with Crippen LogP contribution < -0.4 is 10.6 Å². The average molecular weight is 229 g/mol. The molecule has 0 aromatic heterocycles. The number of rotatable bonds is 6. The molecule has 0 bridgehead atoms. The molecule has 17 heavy (non-hydrogen) atoms. The lowest BCUT2D eigenvalue weighted by Gasteiger charge is -2.09. The first-order chi connectivity index (χ1) is 8.29. The van der Waals surface area contributed by atoms with Crippen LogP contribution in [0.1, 0.15) is 30.4 Å². The van der Waals surface area contributed by atoms with Crippen molar-refractivity contribution in [3.8, 4) is 6.07 Å². The summed E-state index contributed by atoms with van der Waals surface area (Å²) >= 11 is 0. The van der Waals surface area contributed by atoms with Crippen molar-refractivity contribution in [2.45, 2.75) is 32.2 Å². The molecule has 0 unspecified atom stereocenters. The Morgan fingerprint density at radius 1 is 1.35 bits per heavy atom. The summed E-state index contributed by atoms with van der Waals surface area (Å²) < 4.78 is 0. The predicted octanol–water partition coefficient (Wildman–Crippen LogP) is 2.42. The quantitative estimate of drug-likeness (QED) is 0.736. The highest BCUT2D eigenvalue weighted by Crippen LogP contribution is 2.18. The molecule has 1 aliphatic rings. The Balaban J connectivity index is 1.72. The van der Waals surface area contributed by atoms with Crippen LogP contribution in [-0.2, 0) is 0 Å². The second kappa shape index (κ2) is 5.70. The fourth-order valence-electron chi connectivity index (χ4n) is 1.84. The summed E-state index contributed by atoms with van der Waals surface area (Å²) in [7, 11) is 0. The minimum atomic E-state index is 0.725. The van der Waals surface area contributed by atoms with Gasteiger partial charge in [-0.2, -0.15) is 5.26 Å². The first-order valence-corrected chi connectivity index (χ1v) is 6.27. The molecule has 1 fully saturated rings. The van der Waals surface area contributed by atoms with Crippen LogP contribution in [0.5, 0.6) is 0 Å². The van der Waals surface area contributed by atoms with Gasteiger partial charge in [0.05, 0.1) is 11.6 Å². The van der Waals surface area contributed by atoms with Crippen LogP contribution in [0.2, 0.25) is 0 Å². The number of hydrogen-bond acceptors (Lipinski definition) is 3. The molecule has 2 rings (SSSR count). The van der Waals surface area contributed by atoms with Crippen LogP contribution in [0.15, 0.2) is 18.2 Å². The summed E-state index contributed by atoms with van der Waals surface area (Å²) in [5, 5.41) is 15.7. The maximum Gasteiger partial charge on any atom is 0.0991 e. The Bertz CT molecular complexity index is 416. The lowest BCUT2D eigenvalue weighted by atomic mass is 10.1. The Morgan fingerprint density at radius 2 is 2.18 bits per heavy atom. The van der Waals surface area contributed by atoms with Crippen LogP contribution in [-0.4, -0.2) is 19.1 Å². The molecule has 0 heterocycles. The van der Waals surface area contributed by atoms with E-state index in [-0.39, 0.29) is 0 Å². The van der Waals surface area contributed by atoms with E-state index in [9.17, 15) is 0 Å². The molecule has 2 N–H and O–H groups in total. The fraction of sp³-hybridized carbons (Fsp3) is 0.500. The van der Waals surface area contributed by atoms with Gasteiger partial charge >= 0.3 is 0 Å². The van der Waals surface area contributed by atoms with E-state index in [1.807, 2.05) is 25.1 Å². The molecule has 0 radical (unpaired) electrons. The molecule has 3 heteroatoms. The lowest BCUT2D eigenvalue weighted by molar-refractivity contribution is 0.659. The second-order valence-corrected chi connectivity index (χ2v) is 4.65. The van der Waals surface area contributed by atoms with E-state index in [0.29, 0.717) is 0 Å². The van der Waals surface area contributed by atoms with Crippen molar-refractivity contribution in [3.05, 3.63) is 29.3 Å². The first-order valence-electron chi connectivity index (χ1n) is 6.27. The lowest BCUT2D eigenvalue weighted by Crippen LogP contribution is -2.20. The minimum Gasteiger partial charge on any atom is -0.385 e. The van der Waals surface area contributed by atoms with Crippen LogP contribution >= 0.6 is 0 Å². The van der Waals surface area contributed by atoms with E-state index in [2.05, 4.69) is 16.7 Å². The third-order valence-electron chi connectivity index (χ3n) is 3.03. The van der Waals surface area contributed by atoms with Crippen molar-refractivity contribution in [1.29, 1.82) is 5.26 Å². The fourth-order valence-corrected chi connectivity index (χ4v) is 1.84.